The van der Waals surface area contributed by atoms with Crippen LogP contribution in [0.15, 0.2) is 18.2 Å². The number of nitrogens with zero attached hydrogens (tertiary/aromatic N) is 1. The number of hydrogen-bond acceptors (Lipinski definition) is 4. The summed E-state index contributed by atoms with van der Waals surface area (Å²) < 4.78 is 11.3. The number of ether oxygens (including phenoxy) is 2. The van der Waals surface area contributed by atoms with Crippen molar-refractivity contribution in [3.8, 4) is 11.5 Å². The van der Waals surface area contributed by atoms with E-state index in [1.165, 1.54) is 18.4 Å². The Morgan fingerprint density at radius 1 is 1.17 bits per heavy atom. The first-order chi connectivity index (χ1) is 11.3. The van der Waals surface area contributed by atoms with Crippen molar-refractivity contribution in [1.82, 2.24) is 10.2 Å². The number of nitrogens with one attached hydrogen (secondary N) is 1. The molecule has 1 amide bonds. The smallest absolute Gasteiger partial charge is 0.234 e. The standard InChI is InChI=1S/C18H24N2O3/c21-18(19-11-13-3-4-13)12-20-7-1-2-15(20)14-5-6-16-17(10-14)23-9-8-22-16/h5-6,10,13,15H,1-4,7-9,11-12H2,(H,19,21). The van der Waals surface area contributed by atoms with Gasteiger partial charge in [-0.25, -0.2) is 0 Å². The van der Waals surface area contributed by atoms with Gasteiger partial charge in [0.2, 0.25) is 5.91 Å². The monoisotopic (exact) mass is 316 g/mol. The lowest BCUT2D eigenvalue weighted by Crippen LogP contribution is -2.37. The van der Waals surface area contributed by atoms with Crippen LogP contribution < -0.4 is 14.8 Å². The van der Waals surface area contributed by atoms with Crippen molar-refractivity contribution in [2.75, 3.05) is 32.8 Å². The summed E-state index contributed by atoms with van der Waals surface area (Å²) in [5.74, 6) is 2.54. The number of rotatable bonds is 5. The molecule has 0 bridgehead atoms. The van der Waals surface area contributed by atoms with Gasteiger partial charge in [-0.15, -0.1) is 0 Å². The van der Waals surface area contributed by atoms with Crippen LogP contribution in [-0.2, 0) is 4.79 Å². The predicted molar refractivity (Wildman–Crippen MR) is 86.7 cm³/mol. The van der Waals surface area contributed by atoms with E-state index in [0.29, 0.717) is 25.8 Å². The van der Waals surface area contributed by atoms with Gasteiger partial charge in [0, 0.05) is 12.6 Å². The van der Waals surface area contributed by atoms with Crippen LogP contribution >= 0.6 is 0 Å². The van der Waals surface area contributed by atoms with E-state index >= 15 is 0 Å². The van der Waals surface area contributed by atoms with Crippen LogP contribution in [0.3, 0.4) is 0 Å². The van der Waals surface area contributed by atoms with Crippen LogP contribution in [0, 0.1) is 5.92 Å². The summed E-state index contributed by atoms with van der Waals surface area (Å²) in [6, 6.07) is 6.49. The van der Waals surface area contributed by atoms with Crippen LogP contribution in [-0.4, -0.2) is 43.7 Å². The number of likely N-dealkylation sites (tertiary alicyclic amines) is 1. The summed E-state index contributed by atoms with van der Waals surface area (Å²) in [6.45, 7) is 3.54. The van der Waals surface area contributed by atoms with Crippen molar-refractivity contribution in [1.29, 1.82) is 0 Å². The molecular weight excluding hydrogens is 292 g/mol. The van der Waals surface area contributed by atoms with Gasteiger partial charge in [0.25, 0.3) is 0 Å². The van der Waals surface area contributed by atoms with E-state index in [4.69, 9.17) is 9.47 Å². The molecule has 0 radical (unpaired) electrons. The Labute approximate surface area is 136 Å². The third-order valence-electron chi connectivity index (χ3n) is 4.95. The van der Waals surface area contributed by atoms with Crippen molar-refractivity contribution < 1.29 is 14.3 Å². The van der Waals surface area contributed by atoms with Gasteiger partial charge in [-0.3, -0.25) is 9.69 Å². The third-order valence-corrected chi connectivity index (χ3v) is 4.95. The van der Waals surface area contributed by atoms with E-state index in [9.17, 15) is 4.79 Å². The SMILES string of the molecule is O=C(CN1CCCC1c1ccc2c(c1)OCCO2)NCC1CC1. The molecule has 0 aromatic heterocycles. The zero-order valence-electron chi connectivity index (χ0n) is 13.4. The average molecular weight is 316 g/mol. The van der Waals surface area contributed by atoms with Crippen LogP contribution in [0.4, 0.5) is 0 Å². The van der Waals surface area contributed by atoms with Crippen LogP contribution in [0.5, 0.6) is 11.5 Å². The molecule has 1 atom stereocenters. The first kappa shape index (κ1) is 14.8. The number of carbonyl (C=O) groups excluding carboxylic acids is 1. The molecule has 23 heavy (non-hydrogen) atoms. The number of benzene rings is 1. The van der Waals surface area contributed by atoms with E-state index in [0.717, 1.165) is 43.3 Å². The fourth-order valence-electron chi connectivity index (χ4n) is 3.48. The molecule has 1 unspecified atom stereocenters. The van der Waals surface area contributed by atoms with Gasteiger partial charge in [0.1, 0.15) is 13.2 Å². The van der Waals surface area contributed by atoms with Gasteiger partial charge in [-0.2, -0.15) is 0 Å². The van der Waals surface area contributed by atoms with Crippen molar-refractivity contribution in [2.24, 2.45) is 5.92 Å². The summed E-state index contributed by atoms with van der Waals surface area (Å²) in [5.41, 5.74) is 1.22. The molecule has 5 nitrogen and oxygen atoms in total. The minimum absolute atomic E-state index is 0.154. The number of carbonyl (C=O) groups is 1. The summed E-state index contributed by atoms with van der Waals surface area (Å²) in [7, 11) is 0. The van der Waals surface area contributed by atoms with Gasteiger partial charge < -0.3 is 14.8 Å². The Morgan fingerprint density at radius 3 is 2.83 bits per heavy atom. The lowest BCUT2D eigenvalue weighted by atomic mass is 10.0. The predicted octanol–water partition coefficient (Wildman–Crippen LogP) is 2.12. The van der Waals surface area contributed by atoms with Gasteiger partial charge in [-0.1, -0.05) is 6.07 Å². The van der Waals surface area contributed by atoms with Gasteiger partial charge in [0.05, 0.1) is 6.54 Å². The maximum Gasteiger partial charge on any atom is 0.234 e. The van der Waals surface area contributed by atoms with E-state index in [-0.39, 0.29) is 5.91 Å². The second-order valence-corrected chi connectivity index (χ2v) is 6.78. The molecule has 1 saturated heterocycles. The van der Waals surface area contributed by atoms with Crippen LogP contribution in [0.25, 0.3) is 0 Å². The first-order valence-electron chi connectivity index (χ1n) is 8.70. The van der Waals surface area contributed by atoms with Gasteiger partial charge in [0.15, 0.2) is 11.5 Å². The largest absolute Gasteiger partial charge is 0.486 e. The highest BCUT2D eigenvalue weighted by Crippen LogP contribution is 2.37. The maximum absolute atomic E-state index is 12.1. The zero-order valence-corrected chi connectivity index (χ0v) is 13.4. The highest BCUT2D eigenvalue weighted by molar-refractivity contribution is 5.78. The molecule has 0 spiro atoms. The molecule has 2 fully saturated rings. The van der Waals surface area contributed by atoms with Gasteiger partial charge in [-0.05, 0) is 55.8 Å². The lowest BCUT2D eigenvalue weighted by Gasteiger charge is -2.26. The van der Waals surface area contributed by atoms with Crippen molar-refractivity contribution >= 4 is 5.91 Å². The molecule has 3 aliphatic rings. The summed E-state index contributed by atoms with van der Waals surface area (Å²) in [6.07, 6.45) is 4.76. The Balaban J connectivity index is 1.41. The number of fused-ring (bicyclic) bond motifs is 1. The van der Waals surface area contributed by atoms with E-state index in [1.54, 1.807) is 0 Å². The molecule has 1 aliphatic carbocycles. The molecule has 1 aromatic rings. The second-order valence-electron chi connectivity index (χ2n) is 6.78. The normalized spacial score (nSPS) is 23.7. The molecule has 1 N–H and O–H groups in total. The van der Waals surface area contributed by atoms with Crippen molar-refractivity contribution in [2.45, 2.75) is 31.7 Å². The Hall–Kier alpha value is -1.75. The minimum atomic E-state index is 0.154. The number of hydrogen-bond donors (Lipinski definition) is 1. The molecule has 124 valence electrons. The highest BCUT2D eigenvalue weighted by Gasteiger charge is 2.29. The Morgan fingerprint density at radius 2 is 2.00 bits per heavy atom. The molecule has 2 heterocycles. The van der Waals surface area contributed by atoms with E-state index < -0.39 is 0 Å². The summed E-state index contributed by atoms with van der Waals surface area (Å²) in [4.78, 5) is 14.4. The molecule has 5 heteroatoms. The number of amides is 1. The Bertz CT molecular complexity index is 586. The van der Waals surface area contributed by atoms with E-state index in [2.05, 4.69) is 22.3 Å². The Kier molecular flexibility index (Phi) is 4.12. The molecule has 1 aromatic carbocycles. The minimum Gasteiger partial charge on any atom is -0.486 e. The molecule has 2 aliphatic heterocycles. The topological polar surface area (TPSA) is 50.8 Å². The zero-order chi connectivity index (χ0) is 15.6. The fourth-order valence-corrected chi connectivity index (χ4v) is 3.48. The third kappa shape index (κ3) is 3.44. The van der Waals surface area contributed by atoms with Crippen LogP contribution in [0.1, 0.15) is 37.3 Å². The summed E-state index contributed by atoms with van der Waals surface area (Å²) >= 11 is 0. The molecular formula is C18H24N2O3. The highest BCUT2D eigenvalue weighted by atomic mass is 16.6. The van der Waals surface area contributed by atoms with Crippen molar-refractivity contribution in [3.05, 3.63) is 23.8 Å². The average Bonchev–Trinajstić information content (AvgIpc) is 3.30. The molecule has 4 rings (SSSR count). The second kappa shape index (κ2) is 6.40. The van der Waals surface area contributed by atoms with Crippen LogP contribution in [0.2, 0.25) is 0 Å². The molecule has 1 saturated carbocycles. The fraction of sp³-hybridized carbons (Fsp3) is 0.611. The van der Waals surface area contributed by atoms with Crippen molar-refractivity contribution in [3.63, 3.8) is 0 Å². The lowest BCUT2D eigenvalue weighted by molar-refractivity contribution is -0.122. The first-order valence-corrected chi connectivity index (χ1v) is 8.70. The maximum atomic E-state index is 12.1. The summed E-state index contributed by atoms with van der Waals surface area (Å²) in [5, 5.41) is 3.07. The quantitative estimate of drug-likeness (QED) is 0.904. The van der Waals surface area contributed by atoms with Gasteiger partial charge >= 0.3 is 0 Å². The van der Waals surface area contributed by atoms with E-state index in [1.807, 2.05) is 6.07 Å².